The van der Waals surface area contributed by atoms with Gasteiger partial charge < -0.3 is 10.2 Å². The molecule has 0 bridgehead atoms. The van der Waals surface area contributed by atoms with Gasteiger partial charge in [-0.1, -0.05) is 45.2 Å². The third kappa shape index (κ3) is 5.74. The summed E-state index contributed by atoms with van der Waals surface area (Å²) in [6.07, 6.45) is 2.04. The first-order chi connectivity index (χ1) is 15.0. The van der Waals surface area contributed by atoms with Crippen molar-refractivity contribution >= 4 is 72.1 Å². The van der Waals surface area contributed by atoms with Crippen LogP contribution in [-0.2, 0) is 0 Å². The van der Waals surface area contributed by atoms with Crippen LogP contribution in [-0.4, -0.2) is 50.1 Å². The Kier molecular flexibility index (Phi) is 7.77. The number of anilines is 1. The van der Waals surface area contributed by atoms with Gasteiger partial charge >= 0.3 is 0 Å². The lowest BCUT2D eigenvalue weighted by atomic mass is 10.2. The highest BCUT2D eigenvalue weighted by atomic mass is 79.9. The van der Waals surface area contributed by atoms with Gasteiger partial charge in [0.25, 0.3) is 5.91 Å². The van der Waals surface area contributed by atoms with Crippen LogP contribution < -0.4 is 10.2 Å². The van der Waals surface area contributed by atoms with Crippen molar-refractivity contribution in [3.8, 4) is 0 Å². The number of nitrogens with one attached hydrogen (secondary N) is 1. The van der Waals surface area contributed by atoms with E-state index in [1.165, 1.54) is 11.3 Å². The zero-order valence-corrected chi connectivity index (χ0v) is 21.0. The van der Waals surface area contributed by atoms with Crippen molar-refractivity contribution in [3.63, 3.8) is 0 Å². The molecule has 8 heteroatoms. The fourth-order valence-corrected chi connectivity index (χ4v) is 5.58. The number of halogens is 3. The summed E-state index contributed by atoms with van der Waals surface area (Å²) in [5.41, 5.74) is 1.02. The molecule has 0 unspecified atom stereocenters. The van der Waals surface area contributed by atoms with Crippen molar-refractivity contribution < 1.29 is 4.79 Å². The standard InChI is InChI=1S/C23H24BrCl2N3OS/c24-17-6-7-20-16(14-17)15-21(31-20)23(30)27-8-1-2-9-28-10-12-29(13-11-28)19-5-3-4-18(25)22(19)26/h3-7,14-15H,1-2,8-13H2,(H,27,30). The average molecular weight is 541 g/mol. The summed E-state index contributed by atoms with van der Waals surface area (Å²) in [5, 5.41) is 5.40. The first-order valence-electron chi connectivity index (χ1n) is 10.4. The summed E-state index contributed by atoms with van der Waals surface area (Å²) in [5.74, 6) is 0.0179. The van der Waals surface area contributed by atoms with Gasteiger partial charge in [0.05, 0.1) is 20.6 Å². The van der Waals surface area contributed by atoms with Gasteiger partial charge in [-0.3, -0.25) is 9.69 Å². The van der Waals surface area contributed by atoms with Crippen LogP contribution >= 0.6 is 50.5 Å². The van der Waals surface area contributed by atoms with Gasteiger partial charge in [0.15, 0.2) is 0 Å². The highest BCUT2D eigenvalue weighted by Crippen LogP contribution is 2.33. The molecule has 4 rings (SSSR count). The number of hydrogen-bond donors (Lipinski definition) is 1. The van der Waals surface area contributed by atoms with Crippen molar-refractivity contribution in [2.45, 2.75) is 12.8 Å². The lowest BCUT2D eigenvalue weighted by Crippen LogP contribution is -2.46. The van der Waals surface area contributed by atoms with Crippen molar-refractivity contribution in [2.75, 3.05) is 44.2 Å². The third-order valence-electron chi connectivity index (χ3n) is 5.53. The second kappa shape index (κ2) is 10.5. The van der Waals surface area contributed by atoms with Crippen LogP contribution in [0.25, 0.3) is 10.1 Å². The molecule has 0 spiro atoms. The molecule has 2 heterocycles. The minimum Gasteiger partial charge on any atom is -0.368 e. The van der Waals surface area contributed by atoms with E-state index in [0.717, 1.165) is 70.7 Å². The molecule has 4 nitrogen and oxygen atoms in total. The second-order valence-electron chi connectivity index (χ2n) is 7.66. The normalized spacial score (nSPS) is 14.9. The van der Waals surface area contributed by atoms with Gasteiger partial charge in [0.1, 0.15) is 0 Å². The van der Waals surface area contributed by atoms with E-state index in [0.29, 0.717) is 16.6 Å². The van der Waals surface area contributed by atoms with Gasteiger partial charge in [0.2, 0.25) is 0 Å². The average Bonchev–Trinajstić information content (AvgIpc) is 3.19. The SMILES string of the molecule is O=C(NCCCCN1CCN(c2cccc(Cl)c2Cl)CC1)c1cc2cc(Br)ccc2s1. The maximum Gasteiger partial charge on any atom is 0.261 e. The summed E-state index contributed by atoms with van der Waals surface area (Å²) < 4.78 is 2.16. The Morgan fingerprint density at radius 1 is 1.06 bits per heavy atom. The highest BCUT2D eigenvalue weighted by Gasteiger charge is 2.19. The van der Waals surface area contributed by atoms with E-state index in [1.807, 2.05) is 42.5 Å². The summed E-state index contributed by atoms with van der Waals surface area (Å²) in [6.45, 7) is 5.65. The van der Waals surface area contributed by atoms with E-state index in [4.69, 9.17) is 23.2 Å². The smallest absolute Gasteiger partial charge is 0.261 e. The topological polar surface area (TPSA) is 35.6 Å². The van der Waals surface area contributed by atoms with E-state index in [9.17, 15) is 4.79 Å². The van der Waals surface area contributed by atoms with Gasteiger partial charge in [-0.2, -0.15) is 0 Å². The number of rotatable bonds is 7. The lowest BCUT2D eigenvalue weighted by Gasteiger charge is -2.36. The first kappa shape index (κ1) is 22.9. The molecule has 1 amide bonds. The molecule has 1 saturated heterocycles. The molecule has 164 valence electrons. The number of benzene rings is 2. The molecule has 1 N–H and O–H groups in total. The van der Waals surface area contributed by atoms with E-state index in [1.54, 1.807) is 0 Å². The number of carbonyl (C=O) groups is 1. The molecule has 0 radical (unpaired) electrons. The van der Waals surface area contributed by atoms with Crippen LogP contribution in [0, 0.1) is 0 Å². The zero-order valence-electron chi connectivity index (χ0n) is 17.0. The minimum atomic E-state index is 0.0179. The molecule has 1 aromatic heterocycles. The Bertz CT molecular complexity index is 1070. The maximum absolute atomic E-state index is 12.4. The number of fused-ring (bicyclic) bond motifs is 1. The summed E-state index contributed by atoms with van der Waals surface area (Å²) in [4.78, 5) is 18.0. The van der Waals surface area contributed by atoms with Crippen LogP contribution in [0.1, 0.15) is 22.5 Å². The summed E-state index contributed by atoms with van der Waals surface area (Å²) >= 11 is 17.5. The first-order valence-corrected chi connectivity index (χ1v) is 12.8. The molecule has 1 aliphatic rings. The Hall–Kier alpha value is -1.31. The summed E-state index contributed by atoms with van der Waals surface area (Å²) in [6, 6.07) is 13.9. The lowest BCUT2D eigenvalue weighted by molar-refractivity contribution is 0.0956. The second-order valence-corrected chi connectivity index (χ2v) is 10.4. The molecule has 1 aliphatic heterocycles. The van der Waals surface area contributed by atoms with E-state index in [2.05, 4.69) is 31.0 Å². The van der Waals surface area contributed by atoms with Crippen LogP contribution in [0.2, 0.25) is 10.0 Å². The van der Waals surface area contributed by atoms with Gasteiger partial charge in [0, 0.05) is 41.9 Å². The number of carbonyl (C=O) groups excluding carboxylic acids is 1. The van der Waals surface area contributed by atoms with E-state index < -0.39 is 0 Å². The highest BCUT2D eigenvalue weighted by molar-refractivity contribution is 9.10. The predicted molar refractivity (Wildman–Crippen MR) is 136 cm³/mol. The van der Waals surface area contributed by atoms with Crippen molar-refractivity contribution in [3.05, 3.63) is 61.9 Å². The molecule has 3 aromatic rings. The van der Waals surface area contributed by atoms with Crippen LogP contribution in [0.3, 0.4) is 0 Å². The monoisotopic (exact) mass is 539 g/mol. The van der Waals surface area contributed by atoms with Crippen LogP contribution in [0.5, 0.6) is 0 Å². The van der Waals surface area contributed by atoms with Crippen LogP contribution in [0.4, 0.5) is 5.69 Å². The fourth-order valence-electron chi connectivity index (χ4n) is 3.82. The molecular formula is C23H24BrCl2N3OS. The Morgan fingerprint density at radius 3 is 2.68 bits per heavy atom. The minimum absolute atomic E-state index is 0.0179. The molecule has 0 aliphatic carbocycles. The largest absolute Gasteiger partial charge is 0.368 e. The van der Waals surface area contributed by atoms with Crippen molar-refractivity contribution in [1.82, 2.24) is 10.2 Å². The molecule has 0 saturated carbocycles. The maximum atomic E-state index is 12.4. The van der Waals surface area contributed by atoms with Gasteiger partial charge in [-0.15, -0.1) is 11.3 Å². The molecule has 2 aromatic carbocycles. The number of piperazine rings is 1. The van der Waals surface area contributed by atoms with Crippen LogP contribution in [0.15, 0.2) is 46.9 Å². The third-order valence-corrected chi connectivity index (χ3v) is 7.95. The van der Waals surface area contributed by atoms with Crippen molar-refractivity contribution in [2.24, 2.45) is 0 Å². The van der Waals surface area contributed by atoms with Gasteiger partial charge in [-0.25, -0.2) is 0 Å². The number of hydrogen-bond acceptors (Lipinski definition) is 4. The van der Waals surface area contributed by atoms with E-state index in [-0.39, 0.29) is 5.91 Å². The number of thiophene rings is 1. The molecule has 31 heavy (non-hydrogen) atoms. The number of unbranched alkanes of at least 4 members (excludes halogenated alkanes) is 1. The Labute approximate surface area is 205 Å². The quantitative estimate of drug-likeness (QED) is 0.357. The molecular weight excluding hydrogens is 517 g/mol. The summed E-state index contributed by atoms with van der Waals surface area (Å²) in [7, 11) is 0. The fraction of sp³-hybridized carbons (Fsp3) is 0.348. The zero-order chi connectivity index (χ0) is 21.8. The number of amides is 1. The Morgan fingerprint density at radius 2 is 1.87 bits per heavy atom. The van der Waals surface area contributed by atoms with Crippen molar-refractivity contribution in [1.29, 1.82) is 0 Å². The van der Waals surface area contributed by atoms with E-state index >= 15 is 0 Å². The number of nitrogens with zero attached hydrogens (tertiary/aromatic N) is 2. The Balaban J connectivity index is 1.16. The molecule has 0 atom stereocenters. The predicted octanol–water partition coefficient (Wildman–Crippen LogP) is 6.30. The van der Waals surface area contributed by atoms with Gasteiger partial charge in [-0.05, 0) is 61.2 Å². The molecule has 1 fully saturated rings.